The second kappa shape index (κ2) is 7.93. The number of esters is 1. The Morgan fingerprint density at radius 1 is 1.29 bits per heavy atom. The lowest BCUT2D eigenvalue weighted by molar-refractivity contribution is -0.00960. The molecule has 0 aliphatic carbocycles. The lowest BCUT2D eigenvalue weighted by atomic mass is 9.94. The van der Waals surface area contributed by atoms with Crippen molar-refractivity contribution in [1.29, 1.82) is 0 Å². The van der Waals surface area contributed by atoms with Crippen molar-refractivity contribution in [3.63, 3.8) is 0 Å². The van der Waals surface area contributed by atoms with E-state index in [1.165, 1.54) is 11.1 Å². The third-order valence-electron chi connectivity index (χ3n) is 6.37. The van der Waals surface area contributed by atoms with Crippen LogP contribution in [0.1, 0.15) is 58.7 Å². The number of benzene rings is 2. The molecule has 1 aromatic heterocycles. The predicted molar refractivity (Wildman–Crippen MR) is 119 cm³/mol. The lowest BCUT2D eigenvalue weighted by Crippen LogP contribution is -2.40. The Labute approximate surface area is 182 Å². The fourth-order valence-electron chi connectivity index (χ4n) is 4.74. The van der Waals surface area contributed by atoms with Gasteiger partial charge in [-0.25, -0.2) is 4.79 Å². The van der Waals surface area contributed by atoms with Gasteiger partial charge >= 0.3 is 5.97 Å². The molecule has 1 atom stereocenters. The molecular formula is C25H28N2O4. The van der Waals surface area contributed by atoms with Crippen LogP contribution in [0.2, 0.25) is 0 Å². The molecule has 0 saturated heterocycles. The number of aromatic nitrogens is 1. The fourth-order valence-corrected chi connectivity index (χ4v) is 4.74. The number of rotatable bonds is 5. The summed E-state index contributed by atoms with van der Waals surface area (Å²) in [6, 6.07) is 10.2. The summed E-state index contributed by atoms with van der Waals surface area (Å²) in [4.78, 5) is 18.6. The standard InChI is InChI=1S/C25H28N2O4/c1-4-5-12-30-25(28)22-15(2)26-20-8-9-21-19(23(20)22)14-27-11-10-16-13-17(29-3)6-7-18(16)24(27)31-21/h6-9,13,24,26H,4-5,10-12,14H2,1-3H3. The largest absolute Gasteiger partial charge is 0.497 e. The summed E-state index contributed by atoms with van der Waals surface area (Å²) in [5.74, 6) is 1.45. The van der Waals surface area contributed by atoms with Gasteiger partial charge in [0.1, 0.15) is 11.5 Å². The molecule has 2 aliphatic rings. The molecule has 3 aromatic rings. The lowest BCUT2D eigenvalue weighted by Gasteiger charge is -2.41. The van der Waals surface area contributed by atoms with Crippen LogP contribution in [0.25, 0.3) is 10.9 Å². The van der Waals surface area contributed by atoms with Gasteiger partial charge < -0.3 is 19.2 Å². The number of methoxy groups -OCH3 is 1. The molecule has 0 saturated carbocycles. The normalized spacial score (nSPS) is 17.5. The number of hydrogen-bond acceptors (Lipinski definition) is 5. The van der Waals surface area contributed by atoms with Crippen molar-refractivity contribution in [2.45, 2.75) is 45.9 Å². The first-order valence-corrected chi connectivity index (χ1v) is 11.0. The Balaban J connectivity index is 1.54. The third-order valence-corrected chi connectivity index (χ3v) is 6.37. The zero-order chi connectivity index (χ0) is 21.5. The molecule has 0 radical (unpaired) electrons. The van der Waals surface area contributed by atoms with Crippen molar-refractivity contribution in [1.82, 2.24) is 9.88 Å². The van der Waals surface area contributed by atoms with E-state index in [2.05, 4.69) is 28.9 Å². The number of aromatic amines is 1. The molecule has 162 valence electrons. The van der Waals surface area contributed by atoms with E-state index in [4.69, 9.17) is 14.2 Å². The molecule has 1 unspecified atom stereocenters. The Hall–Kier alpha value is -2.99. The molecule has 1 N–H and O–H groups in total. The van der Waals surface area contributed by atoms with Gasteiger partial charge in [-0.2, -0.15) is 0 Å². The Morgan fingerprint density at radius 3 is 2.97 bits per heavy atom. The summed E-state index contributed by atoms with van der Waals surface area (Å²) < 4.78 is 17.5. The number of fused-ring (bicyclic) bond motifs is 6. The summed E-state index contributed by atoms with van der Waals surface area (Å²) in [6.07, 6.45) is 2.68. The Morgan fingerprint density at radius 2 is 2.16 bits per heavy atom. The summed E-state index contributed by atoms with van der Waals surface area (Å²) in [7, 11) is 1.69. The minimum absolute atomic E-state index is 0.125. The van der Waals surface area contributed by atoms with Gasteiger partial charge in [0, 0.05) is 40.8 Å². The topological polar surface area (TPSA) is 63.8 Å². The number of aryl methyl sites for hydroxylation is 1. The molecular weight excluding hydrogens is 392 g/mol. The predicted octanol–water partition coefficient (Wildman–Crippen LogP) is 4.89. The first-order valence-electron chi connectivity index (χ1n) is 11.0. The first kappa shape index (κ1) is 19.9. The van der Waals surface area contributed by atoms with E-state index >= 15 is 0 Å². The van der Waals surface area contributed by atoms with Crippen molar-refractivity contribution in [3.8, 4) is 11.5 Å². The van der Waals surface area contributed by atoms with Gasteiger partial charge in [0.2, 0.25) is 0 Å². The molecule has 2 aliphatic heterocycles. The summed E-state index contributed by atoms with van der Waals surface area (Å²) in [5.41, 5.74) is 5.92. The number of H-pyrrole nitrogens is 1. The molecule has 0 fully saturated rings. The van der Waals surface area contributed by atoms with Crippen LogP contribution in [-0.4, -0.2) is 36.1 Å². The summed E-state index contributed by atoms with van der Waals surface area (Å²) in [6.45, 7) is 6.08. The highest BCUT2D eigenvalue weighted by atomic mass is 16.5. The van der Waals surface area contributed by atoms with Crippen LogP contribution in [0.5, 0.6) is 11.5 Å². The van der Waals surface area contributed by atoms with Gasteiger partial charge in [-0.05, 0) is 55.7 Å². The van der Waals surface area contributed by atoms with Gasteiger partial charge in [-0.3, -0.25) is 4.90 Å². The van der Waals surface area contributed by atoms with E-state index in [1.54, 1.807) is 7.11 Å². The number of nitrogens with one attached hydrogen (secondary N) is 1. The van der Waals surface area contributed by atoms with Crippen molar-refractivity contribution >= 4 is 16.9 Å². The maximum atomic E-state index is 12.9. The minimum Gasteiger partial charge on any atom is -0.497 e. The summed E-state index contributed by atoms with van der Waals surface area (Å²) in [5, 5.41) is 0.926. The molecule has 3 heterocycles. The molecule has 31 heavy (non-hydrogen) atoms. The molecule has 0 spiro atoms. The number of carbonyl (C=O) groups is 1. The van der Waals surface area contributed by atoms with E-state index in [-0.39, 0.29) is 12.2 Å². The number of nitrogens with zero attached hydrogens (tertiary/aromatic N) is 1. The van der Waals surface area contributed by atoms with Gasteiger partial charge in [0.05, 0.1) is 19.3 Å². The van der Waals surface area contributed by atoms with Gasteiger partial charge in [0.25, 0.3) is 0 Å². The second-order valence-corrected chi connectivity index (χ2v) is 8.33. The highest BCUT2D eigenvalue weighted by molar-refractivity contribution is 6.07. The minimum atomic E-state index is -0.260. The molecule has 6 nitrogen and oxygen atoms in total. The third kappa shape index (κ3) is 3.35. The van der Waals surface area contributed by atoms with Crippen molar-refractivity contribution in [3.05, 3.63) is 58.3 Å². The van der Waals surface area contributed by atoms with Crippen LogP contribution in [-0.2, 0) is 17.7 Å². The van der Waals surface area contributed by atoms with Gasteiger partial charge in [-0.1, -0.05) is 13.3 Å². The van der Waals surface area contributed by atoms with E-state index < -0.39 is 0 Å². The monoisotopic (exact) mass is 420 g/mol. The van der Waals surface area contributed by atoms with Crippen LogP contribution in [0.15, 0.2) is 30.3 Å². The number of ether oxygens (including phenoxy) is 3. The number of unbranched alkanes of at least 4 members (excludes halogenated alkanes) is 1. The highest BCUT2D eigenvalue weighted by Gasteiger charge is 2.35. The van der Waals surface area contributed by atoms with E-state index in [0.29, 0.717) is 12.2 Å². The Bertz CT molecular complexity index is 1150. The summed E-state index contributed by atoms with van der Waals surface area (Å²) >= 11 is 0. The molecule has 2 aromatic carbocycles. The zero-order valence-electron chi connectivity index (χ0n) is 18.3. The molecule has 0 amide bonds. The molecule has 5 rings (SSSR count). The maximum absolute atomic E-state index is 12.9. The van der Waals surface area contributed by atoms with Crippen LogP contribution < -0.4 is 9.47 Å². The van der Waals surface area contributed by atoms with Gasteiger partial charge in [0.15, 0.2) is 6.23 Å². The quantitative estimate of drug-likeness (QED) is 0.470. The van der Waals surface area contributed by atoms with Crippen LogP contribution in [0, 0.1) is 6.92 Å². The van der Waals surface area contributed by atoms with Crippen LogP contribution in [0.3, 0.4) is 0 Å². The second-order valence-electron chi connectivity index (χ2n) is 8.33. The molecule has 6 heteroatoms. The van der Waals surface area contributed by atoms with Gasteiger partial charge in [-0.15, -0.1) is 0 Å². The Kier molecular flexibility index (Phi) is 5.10. The number of carbonyl (C=O) groups excluding carboxylic acids is 1. The van der Waals surface area contributed by atoms with Crippen LogP contribution >= 0.6 is 0 Å². The average molecular weight is 421 g/mol. The fraction of sp³-hybridized carbons (Fsp3) is 0.400. The zero-order valence-corrected chi connectivity index (χ0v) is 18.3. The average Bonchev–Trinajstić information content (AvgIpc) is 3.13. The number of hydrogen-bond donors (Lipinski definition) is 1. The van der Waals surface area contributed by atoms with E-state index in [0.717, 1.165) is 66.0 Å². The van der Waals surface area contributed by atoms with Crippen molar-refractivity contribution in [2.24, 2.45) is 0 Å². The SMILES string of the molecule is CCCCOC(=O)c1c(C)[nH]c2ccc3c(c12)CN1CCc2cc(OC)ccc2C1O3. The molecule has 0 bridgehead atoms. The van der Waals surface area contributed by atoms with Crippen molar-refractivity contribution < 1.29 is 19.0 Å². The smallest absolute Gasteiger partial charge is 0.340 e. The van der Waals surface area contributed by atoms with E-state index in [1.807, 2.05) is 25.1 Å². The van der Waals surface area contributed by atoms with E-state index in [9.17, 15) is 4.79 Å². The highest BCUT2D eigenvalue weighted by Crippen LogP contribution is 2.43. The maximum Gasteiger partial charge on any atom is 0.340 e. The first-order chi connectivity index (χ1) is 15.1. The van der Waals surface area contributed by atoms with Crippen molar-refractivity contribution in [2.75, 3.05) is 20.3 Å². The van der Waals surface area contributed by atoms with Crippen LogP contribution in [0.4, 0.5) is 0 Å².